The summed E-state index contributed by atoms with van der Waals surface area (Å²) in [6.45, 7) is 0.737. The number of rotatable bonds is 2. The lowest BCUT2D eigenvalue weighted by atomic mass is 10.1. The molecule has 1 atom stereocenters. The Morgan fingerprint density at radius 1 is 1.71 bits per heavy atom. The van der Waals surface area contributed by atoms with E-state index in [0.717, 1.165) is 29.0 Å². The van der Waals surface area contributed by atoms with Gasteiger partial charge in [-0.3, -0.25) is 4.68 Å². The van der Waals surface area contributed by atoms with Crippen LogP contribution in [0.2, 0.25) is 0 Å². The maximum atomic E-state index is 6.04. The number of aryl methyl sites for hydroxylation is 1. The summed E-state index contributed by atoms with van der Waals surface area (Å²) in [5, 5.41) is 4.12. The van der Waals surface area contributed by atoms with E-state index in [1.807, 2.05) is 13.1 Å². The summed E-state index contributed by atoms with van der Waals surface area (Å²) in [7, 11) is 1.87. The van der Waals surface area contributed by atoms with Crippen molar-refractivity contribution in [1.29, 1.82) is 0 Å². The zero-order valence-electron chi connectivity index (χ0n) is 7.90. The van der Waals surface area contributed by atoms with Gasteiger partial charge in [-0.2, -0.15) is 5.10 Å². The lowest BCUT2D eigenvalue weighted by Crippen LogP contribution is -2.13. The standard InChI is InChI=1S/C9H12BrN3O/c1-13-9(10)6(5-12-13)8(11)7-3-2-4-14-7/h3,5,8H,2,4,11H2,1H3. The van der Waals surface area contributed by atoms with E-state index in [-0.39, 0.29) is 6.04 Å². The van der Waals surface area contributed by atoms with Crippen LogP contribution in [0.1, 0.15) is 18.0 Å². The van der Waals surface area contributed by atoms with E-state index in [9.17, 15) is 0 Å². The van der Waals surface area contributed by atoms with Crippen LogP contribution in [0, 0.1) is 0 Å². The number of nitrogens with zero attached hydrogens (tertiary/aromatic N) is 2. The molecule has 1 aliphatic heterocycles. The predicted octanol–water partition coefficient (Wildman–Crippen LogP) is 1.49. The normalized spacial score (nSPS) is 17.8. The number of halogens is 1. The molecule has 1 unspecified atom stereocenters. The average molecular weight is 258 g/mol. The third-order valence-electron chi connectivity index (χ3n) is 2.27. The monoisotopic (exact) mass is 257 g/mol. The molecule has 1 aromatic rings. The molecule has 0 radical (unpaired) electrons. The van der Waals surface area contributed by atoms with E-state index in [2.05, 4.69) is 21.0 Å². The molecule has 0 saturated carbocycles. The molecule has 0 bridgehead atoms. The van der Waals surface area contributed by atoms with Gasteiger partial charge in [0, 0.05) is 19.0 Å². The lowest BCUT2D eigenvalue weighted by Gasteiger charge is -2.11. The van der Waals surface area contributed by atoms with Gasteiger partial charge < -0.3 is 10.5 Å². The predicted molar refractivity (Wildman–Crippen MR) is 56.5 cm³/mol. The second kappa shape index (κ2) is 3.74. The van der Waals surface area contributed by atoms with Gasteiger partial charge in [-0.15, -0.1) is 0 Å². The summed E-state index contributed by atoms with van der Waals surface area (Å²) in [6.07, 6.45) is 4.74. The molecule has 0 aliphatic carbocycles. The molecule has 1 aromatic heterocycles. The molecule has 1 aliphatic rings. The van der Waals surface area contributed by atoms with E-state index in [4.69, 9.17) is 10.5 Å². The highest BCUT2D eigenvalue weighted by atomic mass is 79.9. The zero-order chi connectivity index (χ0) is 10.1. The maximum absolute atomic E-state index is 6.04. The van der Waals surface area contributed by atoms with Crippen LogP contribution in [-0.2, 0) is 11.8 Å². The fourth-order valence-corrected chi connectivity index (χ4v) is 1.90. The van der Waals surface area contributed by atoms with Crippen LogP contribution in [0.25, 0.3) is 0 Å². The average Bonchev–Trinajstić information content (AvgIpc) is 2.77. The minimum absolute atomic E-state index is 0.208. The van der Waals surface area contributed by atoms with Crippen molar-refractivity contribution in [3.8, 4) is 0 Å². The molecular formula is C9H12BrN3O. The van der Waals surface area contributed by atoms with Gasteiger partial charge in [0.2, 0.25) is 0 Å². The van der Waals surface area contributed by atoms with Crippen LogP contribution in [-0.4, -0.2) is 16.4 Å². The Kier molecular flexibility index (Phi) is 2.60. The fraction of sp³-hybridized carbons (Fsp3) is 0.444. The summed E-state index contributed by atoms with van der Waals surface area (Å²) in [5.41, 5.74) is 7.00. The third kappa shape index (κ3) is 1.57. The fourth-order valence-electron chi connectivity index (χ4n) is 1.46. The first-order chi connectivity index (χ1) is 6.70. The number of hydrogen-bond acceptors (Lipinski definition) is 3. The van der Waals surface area contributed by atoms with Crippen molar-refractivity contribution in [2.45, 2.75) is 12.5 Å². The topological polar surface area (TPSA) is 53.1 Å². The van der Waals surface area contributed by atoms with E-state index in [1.54, 1.807) is 10.9 Å². The second-order valence-electron chi connectivity index (χ2n) is 3.24. The molecule has 0 aromatic carbocycles. The van der Waals surface area contributed by atoms with Crippen molar-refractivity contribution in [1.82, 2.24) is 9.78 Å². The van der Waals surface area contributed by atoms with Gasteiger partial charge in [0.25, 0.3) is 0 Å². The minimum atomic E-state index is -0.208. The Hall–Kier alpha value is -0.810. The Morgan fingerprint density at radius 3 is 3.00 bits per heavy atom. The molecule has 0 saturated heterocycles. The summed E-state index contributed by atoms with van der Waals surface area (Å²) in [6, 6.07) is -0.208. The van der Waals surface area contributed by atoms with Gasteiger partial charge in [0.05, 0.1) is 18.8 Å². The lowest BCUT2D eigenvalue weighted by molar-refractivity contribution is 0.225. The molecule has 0 fully saturated rings. The number of nitrogens with two attached hydrogens (primary N) is 1. The molecule has 2 N–H and O–H groups in total. The van der Waals surface area contributed by atoms with Crippen molar-refractivity contribution < 1.29 is 4.74 Å². The maximum Gasteiger partial charge on any atom is 0.114 e. The van der Waals surface area contributed by atoms with Gasteiger partial charge in [0.1, 0.15) is 10.4 Å². The molecule has 76 valence electrons. The minimum Gasteiger partial charge on any atom is -0.496 e. The van der Waals surface area contributed by atoms with E-state index < -0.39 is 0 Å². The van der Waals surface area contributed by atoms with Crippen LogP contribution < -0.4 is 5.73 Å². The highest BCUT2D eigenvalue weighted by Crippen LogP contribution is 2.28. The highest BCUT2D eigenvalue weighted by Gasteiger charge is 2.20. The van der Waals surface area contributed by atoms with Crippen molar-refractivity contribution in [3.05, 3.63) is 28.2 Å². The SMILES string of the molecule is Cn1ncc(C(N)C2=CCCO2)c1Br. The van der Waals surface area contributed by atoms with Gasteiger partial charge >= 0.3 is 0 Å². The van der Waals surface area contributed by atoms with Crippen LogP contribution in [0.3, 0.4) is 0 Å². The Bertz CT molecular complexity index is 372. The molecule has 2 rings (SSSR count). The van der Waals surface area contributed by atoms with E-state index in [0.29, 0.717) is 0 Å². The van der Waals surface area contributed by atoms with Crippen LogP contribution in [0.5, 0.6) is 0 Å². The molecular weight excluding hydrogens is 246 g/mol. The summed E-state index contributed by atoms with van der Waals surface area (Å²) in [4.78, 5) is 0. The molecule has 5 heteroatoms. The third-order valence-corrected chi connectivity index (χ3v) is 3.24. The molecule has 2 heterocycles. The van der Waals surface area contributed by atoms with E-state index >= 15 is 0 Å². The van der Waals surface area contributed by atoms with Crippen LogP contribution in [0.4, 0.5) is 0 Å². The largest absolute Gasteiger partial charge is 0.496 e. The number of ether oxygens (including phenoxy) is 1. The smallest absolute Gasteiger partial charge is 0.114 e. The van der Waals surface area contributed by atoms with Gasteiger partial charge in [-0.05, 0) is 22.0 Å². The Labute approximate surface area is 90.9 Å². The van der Waals surface area contributed by atoms with E-state index in [1.165, 1.54) is 0 Å². The van der Waals surface area contributed by atoms with Gasteiger partial charge in [-0.25, -0.2) is 0 Å². The summed E-state index contributed by atoms with van der Waals surface area (Å²) >= 11 is 3.44. The molecule has 0 spiro atoms. The zero-order valence-corrected chi connectivity index (χ0v) is 9.49. The molecule has 14 heavy (non-hydrogen) atoms. The first kappa shape index (κ1) is 9.73. The summed E-state index contributed by atoms with van der Waals surface area (Å²) < 4.78 is 8.06. The Balaban J connectivity index is 2.26. The summed E-state index contributed by atoms with van der Waals surface area (Å²) in [5.74, 6) is 0.846. The first-order valence-electron chi connectivity index (χ1n) is 4.46. The van der Waals surface area contributed by atoms with Gasteiger partial charge in [0.15, 0.2) is 0 Å². The van der Waals surface area contributed by atoms with Crippen molar-refractivity contribution in [2.24, 2.45) is 12.8 Å². The van der Waals surface area contributed by atoms with Crippen LogP contribution >= 0.6 is 15.9 Å². The van der Waals surface area contributed by atoms with Crippen molar-refractivity contribution in [2.75, 3.05) is 6.61 Å². The molecule has 4 nitrogen and oxygen atoms in total. The molecule has 0 amide bonds. The van der Waals surface area contributed by atoms with Gasteiger partial charge in [-0.1, -0.05) is 0 Å². The number of hydrogen-bond donors (Lipinski definition) is 1. The van der Waals surface area contributed by atoms with Crippen molar-refractivity contribution >= 4 is 15.9 Å². The quantitative estimate of drug-likeness (QED) is 0.874. The highest BCUT2D eigenvalue weighted by molar-refractivity contribution is 9.10. The second-order valence-corrected chi connectivity index (χ2v) is 3.99. The van der Waals surface area contributed by atoms with Crippen LogP contribution in [0.15, 0.2) is 22.6 Å². The number of aromatic nitrogens is 2. The Morgan fingerprint density at radius 2 is 2.50 bits per heavy atom. The first-order valence-corrected chi connectivity index (χ1v) is 5.25. The van der Waals surface area contributed by atoms with Crippen molar-refractivity contribution in [3.63, 3.8) is 0 Å².